The van der Waals surface area contributed by atoms with Crippen LogP contribution in [0.1, 0.15) is 58.3 Å². The molecule has 5 atom stereocenters. The maximum Gasteiger partial charge on any atom is 0.314 e. The third-order valence-corrected chi connectivity index (χ3v) is 7.33. The van der Waals surface area contributed by atoms with Gasteiger partial charge < -0.3 is 18.9 Å². The Morgan fingerprint density at radius 2 is 1.81 bits per heavy atom. The third-order valence-electron chi connectivity index (χ3n) is 7.33. The van der Waals surface area contributed by atoms with Gasteiger partial charge in [0.15, 0.2) is 6.29 Å². The Balaban J connectivity index is 1.18. The van der Waals surface area contributed by atoms with Crippen LogP contribution in [0, 0.1) is 17.8 Å². The molecule has 3 aliphatic rings. The van der Waals surface area contributed by atoms with Crippen LogP contribution in [0.2, 0.25) is 0 Å². The molecule has 2 aromatic carbocycles. The van der Waals surface area contributed by atoms with Crippen LogP contribution in [0.5, 0.6) is 11.5 Å². The molecule has 2 aromatic rings. The van der Waals surface area contributed by atoms with E-state index in [1.807, 2.05) is 36.4 Å². The van der Waals surface area contributed by atoms with Crippen molar-refractivity contribution in [2.45, 2.75) is 70.7 Å². The lowest BCUT2D eigenvalue weighted by Crippen LogP contribution is -2.31. The molecule has 5 unspecified atom stereocenters. The first kappa shape index (κ1) is 21.7. The fourth-order valence-electron chi connectivity index (χ4n) is 5.58. The standard InChI is InChI=1S/C27H34O5/c1-2-3-11-29-25-17-20-13-21(25)16-24(20)27(28)32-23-10-8-18-14-22(9-7-19(18)15-23)31-26-6-4-5-12-30-26/h7-10,14-15,20-21,24-26H,2-6,11-13,16-17H2,1H3. The predicted octanol–water partition coefficient (Wildman–Crippen LogP) is 5.88. The minimum absolute atomic E-state index is 0.00740. The molecule has 5 rings (SSSR count). The number of carbonyl (C=O) groups is 1. The van der Waals surface area contributed by atoms with Crippen molar-refractivity contribution >= 4 is 16.7 Å². The second-order valence-corrected chi connectivity index (χ2v) is 9.60. The summed E-state index contributed by atoms with van der Waals surface area (Å²) in [4.78, 5) is 12.9. The molecular formula is C27H34O5. The van der Waals surface area contributed by atoms with E-state index < -0.39 is 0 Å². The maximum atomic E-state index is 12.9. The van der Waals surface area contributed by atoms with E-state index in [2.05, 4.69) is 6.92 Å². The fraction of sp³-hybridized carbons (Fsp3) is 0.593. The van der Waals surface area contributed by atoms with Gasteiger partial charge in [0, 0.05) is 13.0 Å². The molecule has 0 radical (unpaired) electrons. The summed E-state index contributed by atoms with van der Waals surface area (Å²) < 4.78 is 23.5. The van der Waals surface area contributed by atoms with Gasteiger partial charge in [-0.2, -0.15) is 0 Å². The summed E-state index contributed by atoms with van der Waals surface area (Å²) in [7, 11) is 0. The number of benzene rings is 2. The summed E-state index contributed by atoms with van der Waals surface area (Å²) >= 11 is 0. The molecule has 2 saturated carbocycles. The Bertz CT molecular complexity index is 935. The zero-order valence-electron chi connectivity index (χ0n) is 19.0. The molecule has 2 aliphatic carbocycles. The molecule has 172 valence electrons. The number of hydrogen-bond donors (Lipinski definition) is 0. The summed E-state index contributed by atoms with van der Waals surface area (Å²) in [6.45, 7) is 3.79. The number of rotatable bonds is 8. The van der Waals surface area contributed by atoms with E-state index in [-0.39, 0.29) is 18.2 Å². The Morgan fingerprint density at radius 1 is 1.00 bits per heavy atom. The first-order valence-electron chi connectivity index (χ1n) is 12.3. The number of fused-ring (bicyclic) bond motifs is 3. The SMILES string of the molecule is CCCCOC1CC2CC1CC2C(=O)Oc1ccc2cc(OC3CCCCO3)ccc2c1. The molecule has 2 bridgehead atoms. The lowest BCUT2D eigenvalue weighted by Gasteiger charge is -2.26. The highest BCUT2D eigenvalue weighted by molar-refractivity contribution is 5.86. The smallest absolute Gasteiger partial charge is 0.314 e. The summed E-state index contributed by atoms with van der Waals surface area (Å²) in [6, 6.07) is 11.8. The van der Waals surface area contributed by atoms with Gasteiger partial charge in [0.1, 0.15) is 11.5 Å². The second kappa shape index (κ2) is 9.80. The van der Waals surface area contributed by atoms with E-state index in [0.29, 0.717) is 23.7 Å². The fourth-order valence-corrected chi connectivity index (χ4v) is 5.58. The van der Waals surface area contributed by atoms with Gasteiger partial charge in [0.05, 0.1) is 18.6 Å². The van der Waals surface area contributed by atoms with E-state index in [9.17, 15) is 4.79 Å². The zero-order chi connectivity index (χ0) is 21.9. The van der Waals surface area contributed by atoms with Crippen molar-refractivity contribution in [3.8, 4) is 11.5 Å². The molecule has 0 amide bonds. The van der Waals surface area contributed by atoms with Crippen LogP contribution in [0.3, 0.4) is 0 Å². The summed E-state index contributed by atoms with van der Waals surface area (Å²) in [5.41, 5.74) is 0. The first-order valence-corrected chi connectivity index (χ1v) is 12.3. The number of esters is 1. The van der Waals surface area contributed by atoms with Gasteiger partial charge in [-0.3, -0.25) is 4.79 Å². The quantitative estimate of drug-likeness (QED) is 0.293. The van der Waals surface area contributed by atoms with Gasteiger partial charge >= 0.3 is 5.97 Å². The van der Waals surface area contributed by atoms with Gasteiger partial charge in [-0.15, -0.1) is 0 Å². The number of carbonyl (C=O) groups excluding carboxylic acids is 1. The minimum atomic E-state index is -0.153. The molecule has 0 aromatic heterocycles. The van der Waals surface area contributed by atoms with Gasteiger partial charge in [-0.25, -0.2) is 0 Å². The Kier molecular flexibility index (Phi) is 6.65. The lowest BCUT2D eigenvalue weighted by atomic mass is 9.87. The average Bonchev–Trinajstić information content (AvgIpc) is 3.41. The average molecular weight is 439 g/mol. The highest BCUT2D eigenvalue weighted by atomic mass is 16.7. The van der Waals surface area contributed by atoms with E-state index in [1.54, 1.807) is 0 Å². The highest BCUT2D eigenvalue weighted by Gasteiger charge is 2.49. The molecule has 1 saturated heterocycles. The van der Waals surface area contributed by atoms with Crippen LogP contribution in [0.25, 0.3) is 10.8 Å². The number of ether oxygens (including phenoxy) is 4. The van der Waals surface area contributed by atoms with E-state index in [1.165, 1.54) is 0 Å². The third kappa shape index (κ3) is 4.79. The second-order valence-electron chi connectivity index (χ2n) is 9.60. The van der Waals surface area contributed by atoms with Crippen LogP contribution in [0.15, 0.2) is 36.4 Å². The van der Waals surface area contributed by atoms with Gasteiger partial charge in [0.2, 0.25) is 0 Å². The number of hydrogen-bond acceptors (Lipinski definition) is 5. The van der Waals surface area contributed by atoms with Crippen LogP contribution >= 0.6 is 0 Å². The normalized spacial score (nSPS) is 29.3. The zero-order valence-corrected chi connectivity index (χ0v) is 19.0. The molecule has 5 heteroatoms. The summed E-state index contributed by atoms with van der Waals surface area (Å²) in [5.74, 6) is 2.27. The number of unbranched alkanes of at least 4 members (excludes halogenated alkanes) is 1. The highest BCUT2D eigenvalue weighted by Crippen LogP contribution is 2.50. The molecule has 1 heterocycles. The van der Waals surface area contributed by atoms with Crippen LogP contribution in [0.4, 0.5) is 0 Å². The van der Waals surface area contributed by atoms with Crippen LogP contribution in [-0.4, -0.2) is 31.6 Å². The summed E-state index contributed by atoms with van der Waals surface area (Å²) in [5, 5.41) is 2.09. The molecule has 5 nitrogen and oxygen atoms in total. The minimum Gasteiger partial charge on any atom is -0.465 e. The van der Waals surface area contributed by atoms with Crippen LogP contribution in [-0.2, 0) is 14.3 Å². The van der Waals surface area contributed by atoms with Gasteiger partial charge in [0.25, 0.3) is 0 Å². The van der Waals surface area contributed by atoms with E-state index >= 15 is 0 Å². The monoisotopic (exact) mass is 438 g/mol. The molecule has 3 fully saturated rings. The Labute approximate surface area is 190 Å². The largest absolute Gasteiger partial charge is 0.465 e. The molecule has 1 aliphatic heterocycles. The Morgan fingerprint density at radius 3 is 2.53 bits per heavy atom. The van der Waals surface area contributed by atoms with Crippen molar-refractivity contribution in [2.24, 2.45) is 17.8 Å². The van der Waals surface area contributed by atoms with Crippen molar-refractivity contribution in [3.05, 3.63) is 36.4 Å². The van der Waals surface area contributed by atoms with Crippen molar-refractivity contribution in [3.63, 3.8) is 0 Å². The predicted molar refractivity (Wildman–Crippen MR) is 123 cm³/mol. The Hall–Kier alpha value is -2.11. The lowest BCUT2D eigenvalue weighted by molar-refractivity contribution is -0.141. The van der Waals surface area contributed by atoms with Gasteiger partial charge in [-0.1, -0.05) is 25.5 Å². The topological polar surface area (TPSA) is 54.0 Å². The molecule has 0 N–H and O–H groups in total. The van der Waals surface area contributed by atoms with Crippen molar-refractivity contribution in [1.29, 1.82) is 0 Å². The first-order chi connectivity index (χ1) is 15.7. The van der Waals surface area contributed by atoms with Gasteiger partial charge in [-0.05, 0) is 85.4 Å². The van der Waals surface area contributed by atoms with Crippen molar-refractivity contribution < 1.29 is 23.7 Å². The van der Waals surface area contributed by atoms with Crippen molar-refractivity contribution in [1.82, 2.24) is 0 Å². The summed E-state index contributed by atoms with van der Waals surface area (Å²) in [6.07, 6.45) is 8.64. The molecular weight excluding hydrogens is 404 g/mol. The molecule has 0 spiro atoms. The van der Waals surface area contributed by atoms with Crippen LogP contribution < -0.4 is 9.47 Å². The maximum absolute atomic E-state index is 12.9. The van der Waals surface area contributed by atoms with E-state index in [4.69, 9.17) is 18.9 Å². The molecule has 32 heavy (non-hydrogen) atoms. The van der Waals surface area contributed by atoms with Crippen molar-refractivity contribution in [2.75, 3.05) is 13.2 Å². The van der Waals surface area contributed by atoms with E-state index in [0.717, 1.165) is 81.1 Å².